The molecule has 0 aliphatic heterocycles. The molecule has 1 aliphatic rings. The predicted molar refractivity (Wildman–Crippen MR) is 189 cm³/mol. The Labute approximate surface area is 296 Å². The van der Waals surface area contributed by atoms with Crippen LogP contribution in [0.2, 0.25) is 0 Å². The number of unbranched alkanes of at least 4 members (excludes halogenated alkanes) is 6. The molecule has 0 saturated heterocycles. The van der Waals surface area contributed by atoms with Crippen molar-refractivity contribution in [1.82, 2.24) is 0 Å². The van der Waals surface area contributed by atoms with Crippen LogP contribution in [0.4, 0.5) is 0 Å². The number of hydrogen-bond acceptors (Lipinski definition) is 10. The standard InChI is InChI=1S/C40H52O10/c1-5-37(41)47-25-13-9-7-11-23-45-33-19-21-35(29(3)27-33)49-39(43)31-15-17-32(18-16-31)40(44)50-36-22-20-34(28-30(36)4)46-24-12-8-10-14-26-48-38(42)6-2/h5-6,19-22,27-28,31-32H,1-2,7-18,23-26H2,3-4H3. The summed E-state index contributed by atoms with van der Waals surface area (Å²) in [7, 11) is 0. The molecule has 0 spiro atoms. The van der Waals surface area contributed by atoms with Gasteiger partial charge >= 0.3 is 23.9 Å². The van der Waals surface area contributed by atoms with Gasteiger partial charge in [-0.1, -0.05) is 13.2 Å². The molecule has 272 valence electrons. The van der Waals surface area contributed by atoms with Crippen molar-refractivity contribution < 1.29 is 47.6 Å². The second-order valence-corrected chi connectivity index (χ2v) is 12.5. The van der Waals surface area contributed by atoms with Crippen LogP contribution in [0.1, 0.15) is 88.2 Å². The van der Waals surface area contributed by atoms with Gasteiger partial charge in [0.15, 0.2) is 0 Å². The van der Waals surface area contributed by atoms with Gasteiger partial charge in [0, 0.05) is 12.2 Å². The molecule has 0 aromatic heterocycles. The Morgan fingerprint density at radius 3 is 1.28 bits per heavy atom. The summed E-state index contributed by atoms with van der Waals surface area (Å²) in [5, 5.41) is 0. The molecule has 0 unspecified atom stereocenters. The highest BCUT2D eigenvalue weighted by molar-refractivity contribution is 5.81. The van der Waals surface area contributed by atoms with E-state index in [-0.39, 0.29) is 23.8 Å². The number of benzene rings is 2. The number of carbonyl (C=O) groups excluding carboxylic acids is 4. The fraction of sp³-hybridized carbons (Fsp3) is 0.500. The van der Waals surface area contributed by atoms with E-state index in [1.54, 1.807) is 24.3 Å². The second-order valence-electron chi connectivity index (χ2n) is 12.5. The molecule has 3 rings (SSSR count). The Morgan fingerprint density at radius 1 is 0.580 bits per heavy atom. The third-order valence-electron chi connectivity index (χ3n) is 8.54. The number of aryl methyl sites for hydroxylation is 2. The normalized spacial score (nSPS) is 15.3. The van der Waals surface area contributed by atoms with Crippen molar-refractivity contribution in [3.63, 3.8) is 0 Å². The first-order chi connectivity index (χ1) is 24.2. The van der Waals surface area contributed by atoms with E-state index >= 15 is 0 Å². The van der Waals surface area contributed by atoms with E-state index in [1.807, 2.05) is 26.0 Å². The molecule has 0 amide bonds. The topological polar surface area (TPSA) is 124 Å². The van der Waals surface area contributed by atoms with Gasteiger partial charge in [0.2, 0.25) is 0 Å². The van der Waals surface area contributed by atoms with Crippen LogP contribution in [0.5, 0.6) is 23.0 Å². The lowest BCUT2D eigenvalue weighted by Gasteiger charge is -2.26. The van der Waals surface area contributed by atoms with Crippen LogP contribution >= 0.6 is 0 Å². The molecule has 0 heterocycles. The number of esters is 4. The lowest BCUT2D eigenvalue weighted by Crippen LogP contribution is -2.30. The highest BCUT2D eigenvalue weighted by atomic mass is 16.5. The summed E-state index contributed by atoms with van der Waals surface area (Å²) in [6, 6.07) is 10.8. The van der Waals surface area contributed by atoms with Crippen LogP contribution in [-0.4, -0.2) is 50.3 Å². The second kappa shape index (κ2) is 22.2. The van der Waals surface area contributed by atoms with E-state index in [2.05, 4.69) is 13.2 Å². The van der Waals surface area contributed by atoms with Crippen molar-refractivity contribution >= 4 is 23.9 Å². The number of carbonyl (C=O) groups is 4. The Balaban J connectivity index is 1.31. The predicted octanol–water partition coefficient (Wildman–Crippen LogP) is 7.96. The van der Waals surface area contributed by atoms with Gasteiger partial charge in [-0.2, -0.15) is 0 Å². The van der Waals surface area contributed by atoms with Gasteiger partial charge in [0.05, 0.1) is 38.3 Å². The van der Waals surface area contributed by atoms with Gasteiger partial charge in [0.25, 0.3) is 0 Å². The first-order valence-corrected chi connectivity index (χ1v) is 17.7. The SMILES string of the molecule is C=CC(=O)OCCCCCCOc1ccc(OC(=O)C2CCC(C(=O)Oc3ccc(OCCCCCCOC(=O)C=C)cc3C)CC2)c(C)c1. The minimum absolute atomic E-state index is 0.275. The first-order valence-electron chi connectivity index (χ1n) is 17.7. The van der Waals surface area contributed by atoms with Crippen molar-refractivity contribution in [3.8, 4) is 23.0 Å². The summed E-state index contributed by atoms with van der Waals surface area (Å²) < 4.78 is 33.1. The summed E-state index contributed by atoms with van der Waals surface area (Å²) >= 11 is 0. The summed E-state index contributed by atoms with van der Waals surface area (Å²) in [6.07, 6.45) is 11.7. The maximum atomic E-state index is 13.0. The fourth-order valence-corrected chi connectivity index (χ4v) is 5.56. The highest BCUT2D eigenvalue weighted by Crippen LogP contribution is 2.33. The van der Waals surface area contributed by atoms with Crippen LogP contribution in [-0.2, 0) is 28.7 Å². The van der Waals surface area contributed by atoms with Crippen molar-refractivity contribution in [2.45, 2.75) is 90.9 Å². The summed E-state index contributed by atoms with van der Waals surface area (Å²) in [5.74, 6) is 0.528. The van der Waals surface area contributed by atoms with Gasteiger partial charge in [-0.3, -0.25) is 9.59 Å². The summed E-state index contributed by atoms with van der Waals surface area (Å²) in [5.41, 5.74) is 1.62. The lowest BCUT2D eigenvalue weighted by molar-refractivity contribution is -0.145. The molecule has 0 atom stereocenters. The Hall–Kier alpha value is -4.60. The molecule has 0 radical (unpaired) electrons. The molecule has 1 saturated carbocycles. The van der Waals surface area contributed by atoms with Crippen molar-refractivity contribution in [2.75, 3.05) is 26.4 Å². The third-order valence-corrected chi connectivity index (χ3v) is 8.54. The average Bonchev–Trinajstić information content (AvgIpc) is 3.12. The average molecular weight is 693 g/mol. The minimum atomic E-state index is -0.396. The fourth-order valence-electron chi connectivity index (χ4n) is 5.56. The quantitative estimate of drug-likeness (QED) is 0.0520. The van der Waals surface area contributed by atoms with E-state index in [9.17, 15) is 19.2 Å². The maximum absolute atomic E-state index is 13.0. The Morgan fingerprint density at radius 2 is 0.940 bits per heavy atom. The zero-order valence-electron chi connectivity index (χ0n) is 29.6. The van der Waals surface area contributed by atoms with E-state index in [1.165, 1.54) is 0 Å². The molecule has 0 bridgehead atoms. The highest BCUT2D eigenvalue weighted by Gasteiger charge is 2.32. The zero-order chi connectivity index (χ0) is 36.1. The van der Waals surface area contributed by atoms with Crippen LogP contribution in [0.25, 0.3) is 0 Å². The number of rotatable bonds is 22. The smallest absolute Gasteiger partial charge is 0.330 e. The van der Waals surface area contributed by atoms with Gasteiger partial charge in [-0.15, -0.1) is 0 Å². The van der Waals surface area contributed by atoms with Gasteiger partial charge in [-0.25, -0.2) is 9.59 Å². The third kappa shape index (κ3) is 14.5. The molecule has 10 nitrogen and oxygen atoms in total. The van der Waals surface area contributed by atoms with E-state index in [4.69, 9.17) is 28.4 Å². The first kappa shape index (κ1) is 39.8. The molecule has 1 fully saturated rings. The van der Waals surface area contributed by atoms with Crippen LogP contribution in [0.15, 0.2) is 61.7 Å². The van der Waals surface area contributed by atoms with Gasteiger partial charge in [-0.05, 0) is 138 Å². The van der Waals surface area contributed by atoms with Crippen LogP contribution < -0.4 is 18.9 Å². The summed E-state index contributed by atoms with van der Waals surface area (Å²) in [4.78, 5) is 48.0. The van der Waals surface area contributed by atoms with E-state index in [0.29, 0.717) is 75.1 Å². The molecule has 50 heavy (non-hydrogen) atoms. The molecule has 2 aromatic rings. The molecule has 10 heteroatoms. The molecule has 1 aliphatic carbocycles. The molecule has 2 aromatic carbocycles. The molecule has 0 N–H and O–H groups in total. The van der Waals surface area contributed by atoms with E-state index in [0.717, 1.165) is 74.6 Å². The Kier molecular flexibility index (Phi) is 17.7. The zero-order valence-corrected chi connectivity index (χ0v) is 29.6. The maximum Gasteiger partial charge on any atom is 0.330 e. The van der Waals surface area contributed by atoms with Crippen LogP contribution in [0, 0.1) is 25.7 Å². The van der Waals surface area contributed by atoms with Gasteiger partial charge in [0.1, 0.15) is 23.0 Å². The summed E-state index contributed by atoms with van der Waals surface area (Å²) in [6.45, 7) is 12.4. The van der Waals surface area contributed by atoms with Gasteiger partial charge < -0.3 is 28.4 Å². The van der Waals surface area contributed by atoms with E-state index < -0.39 is 11.9 Å². The van der Waals surface area contributed by atoms with Crippen molar-refractivity contribution in [1.29, 1.82) is 0 Å². The number of ether oxygens (including phenoxy) is 6. The molecular weight excluding hydrogens is 640 g/mol. The largest absolute Gasteiger partial charge is 0.494 e. The minimum Gasteiger partial charge on any atom is -0.494 e. The monoisotopic (exact) mass is 692 g/mol. The lowest BCUT2D eigenvalue weighted by atomic mass is 9.82. The number of hydrogen-bond donors (Lipinski definition) is 0. The Bertz CT molecular complexity index is 1320. The molecular formula is C40H52O10. The van der Waals surface area contributed by atoms with Crippen LogP contribution in [0.3, 0.4) is 0 Å². The van der Waals surface area contributed by atoms with Crippen molar-refractivity contribution in [2.24, 2.45) is 11.8 Å². The van der Waals surface area contributed by atoms with Crippen molar-refractivity contribution in [3.05, 3.63) is 72.8 Å².